The summed E-state index contributed by atoms with van der Waals surface area (Å²) in [5, 5.41) is 61.5. The van der Waals surface area contributed by atoms with Gasteiger partial charge in [0.05, 0.1) is 56.8 Å². The lowest BCUT2D eigenvalue weighted by Crippen LogP contribution is -2.68. The van der Waals surface area contributed by atoms with Crippen LogP contribution in [0.1, 0.15) is 25.3 Å². The van der Waals surface area contributed by atoms with E-state index in [1.807, 2.05) is 0 Å². The van der Waals surface area contributed by atoms with E-state index in [-0.39, 0.29) is 33.5 Å². The minimum absolute atomic E-state index is 0.0161. The summed E-state index contributed by atoms with van der Waals surface area (Å²) in [4.78, 5) is 24.2. The smallest absolute Gasteiger partial charge is 0.377 e. The summed E-state index contributed by atoms with van der Waals surface area (Å²) in [7, 11) is -1.47. The Morgan fingerprint density at radius 1 is 1.07 bits per heavy atom. The number of sulfonamides is 1. The van der Waals surface area contributed by atoms with Gasteiger partial charge in [0.15, 0.2) is 0 Å². The Kier molecular flexibility index (Phi) is 12.2. The number of carboxylic acid groups (broad SMARTS) is 1. The lowest BCUT2D eigenvalue weighted by Gasteiger charge is -2.46. The monoisotopic (exact) mass is 793 g/mol. The predicted octanol–water partition coefficient (Wildman–Crippen LogP) is 1.22. The van der Waals surface area contributed by atoms with E-state index in [9.17, 15) is 52.3 Å². The van der Waals surface area contributed by atoms with Crippen LogP contribution in [0, 0.1) is 0 Å². The van der Waals surface area contributed by atoms with E-state index in [1.165, 1.54) is 56.8 Å². The Labute approximate surface area is 311 Å². The molecule has 0 saturated carbocycles. The highest BCUT2D eigenvalue weighted by atomic mass is 32.2. The first-order chi connectivity index (χ1) is 26.0. The fourth-order valence-corrected chi connectivity index (χ4v) is 7.05. The first-order valence-corrected chi connectivity index (χ1v) is 17.7. The number of hydrogen-bond donors (Lipinski definition) is 7. The van der Waals surface area contributed by atoms with Gasteiger partial charge in [0.25, 0.3) is 16.4 Å². The van der Waals surface area contributed by atoms with Gasteiger partial charge in [0.1, 0.15) is 46.1 Å². The topological polar surface area (TPSA) is 261 Å². The van der Waals surface area contributed by atoms with Crippen LogP contribution in [0.5, 0.6) is 17.2 Å². The number of halogens is 2. The summed E-state index contributed by atoms with van der Waals surface area (Å²) in [6, 6.07) is 12.0. The quantitative estimate of drug-likeness (QED) is 0.0893. The Morgan fingerprint density at radius 3 is 2.44 bits per heavy atom. The van der Waals surface area contributed by atoms with E-state index in [0.717, 1.165) is 23.7 Å². The third kappa shape index (κ3) is 8.77. The Hall–Kier alpha value is -5.45. The fraction of sp³-hybridized carbons (Fsp3) is 0.353. The maximum Gasteiger partial charge on any atom is 0.377 e. The molecule has 1 aromatic heterocycles. The summed E-state index contributed by atoms with van der Waals surface area (Å²) >= 11 is 0. The molecule has 4 aromatic rings. The molecule has 296 valence electrons. The number of methoxy groups -OCH3 is 2. The molecule has 6 atom stereocenters. The average Bonchev–Trinajstić information content (AvgIpc) is 3.65. The third-order valence-electron chi connectivity index (χ3n) is 8.52. The highest BCUT2D eigenvalue weighted by Crippen LogP contribution is 2.39. The van der Waals surface area contributed by atoms with E-state index in [4.69, 9.17) is 18.9 Å². The number of carbonyl (C=O) groups is 2. The van der Waals surface area contributed by atoms with Gasteiger partial charge in [-0.15, -0.1) is 5.10 Å². The number of nitrogens with one attached hydrogen (secondary N) is 2. The van der Waals surface area contributed by atoms with Crippen LogP contribution in [0.2, 0.25) is 0 Å². The summed E-state index contributed by atoms with van der Waals surface area (Å²) < 4.78 is 80.7. The van der Waals surface area contributed by atoms with Gasteiger partial charge in [-0.05, 0) is 42.5 Å². The van der Waals surface area contributed by atoms with Crippen LogP contribution in [0.15, 0.2) is 71.8 Å². The lowest BCUT2D eigenvalue weighted by molar-refractivity contribution is -0.284. The van der Waals surface area contributed by atoms with Gasteiger partial charge in [-0.25, -0.2) is 26.7 Å². The van der Waals surface area contributed by atoms with E-state index in [2.05, 4.69) is 20.4 Å². The van der Waals surface area contributed by atoms with Crippen LogP contribution in [-0.4, -0.2) is 118 Å². The zero-order valence-corrected chi connectivity index (χ0v) is 30.1. The molecule has 55 heavy (non-hydrogen) atoms. The Balaban J connectivity index is 1.42. The molecule has 18 nitrogen and oxygen atoms in total. The molecular formula is C34H37F2N5O13S. The Morgan fingerprint density at radius 2 is 1.80 bits per heavy atom. The second-order valence-corrected chi connectivity index (χ2v) is 13.9. The SMILES string of the molecule is COc1ccc(OC)c(S(=O)(=O)Nc2cccc(-c3cn(-c4ccc(O[C@]5(C(=O)O)C[C@H](O)[C@@H](NC(C)=O)[C@H]([C@H](O)[C@H](O)CO)O5)c(C(F)F)c4)nn3)c2)c1. The van der Waals surface area contributed by atoms with Crippen LogP contribution in [0.25, 0.3) is 16.9 Å². The number of hydrogen-bond acceptors (Lipinski definition) is 14. The van der Waals surface area contributed by atoms with Gasteiger partial charge in [-0.2, -0.15) is 0 Å². The molecule has 0 aliphatic carbocycles. The van der Waals surface area contributed by atoms with Gasteiger partial charge < -0.3 is 49.8 Å². The maximum atomic E-state index is 14.5. The molecule has 0 spiro atoms. The van der Waals surface area contributed by atoms with Crippen molar-refractivity contribution in [3.05, 3.63) is 72.4 Å². The number of benzene rings is 3. The summed E-state index contributed by atoms with van der Waals surface area (Å²) in [5.74, 6) is -5.89. The van der Waals surface area contributed by atoms with Crippen molar-refractivity contribution in [2.24, 2.45) is 0 Å². The zero-order valence-electron chi connectivity index (χ0n) is 29.2. The van der Waals surface area contributed by atoms with Gasteiger partial charge in [-0.1, -0.05) is 17.3 Å². The number of amides is 1. The molecule has 0 bridgehead atoms. The highest BCUT2D eigenvalue weighted by molar-refractivity contribution is 7.92. The normalized spacial score (nSPS) is 21.0. The summed E-state index contributed by atoms with van der Waals surface area (Å²) in [6.07, 6.45) is -10.5. The van der Waals surface area contributed by atoms with Crippen LogP contribution in [0.4, 0.5) is 14.5 Å². The van der Waals surface area contributed by atoms with E-state index in [0.29, 0.717) is 5.56 Å². The van der Waals surface area contributed by atoms with Crippen LogP contribution >= 0.6 is 0 Å². The maximum absolute atomic E-state index is 14.5. The third-order valence-corrected chi connectivity index (χ3v) is 9.92. The number of aliphatic hydroxyl groups is 4. The lowest BCUT2D eigenvalue weighted by atomic mass is 9.88. The van der Waals surface area contributed by atoms with Crippen molar-refractivity contribution >= 4 is 27.6 Å². The van der Waals surface area contributed by atoms with E-state index in [1.54, 1.807) is 12.1 Å². The number of aliphatic carboxylic acids is 1. The van der Waals surface area contributed by atoms with E-state index >= 15 is 0 Å². The number of alkyl halides is 2. The summed E-state index contributed by atoms with van der Waals surface area (Å²) in [6.45, 7) is 0.0443. The molecule has 7 N–H and O–H groups in total. The molecule has 0 unspecified atom stereocenters. The number of aromatic nitrogens is 3. The highest BCUT2D eigenvalue weighted by Gasteiger charge is 2.57. The predicted molar refractivity (Wildman–Crippen MR) is 185 cm³/mol. The minimum Gasteiger partial charge on any atom is -0.497 e. The van der Waals surface area contributed by atoms with Crippen molar-refractivity contribution in [1.29, 1.82) is 0 Å². The molecule has 2 heterocycles. The molecule has 0 radical (unpaired) electrons. The number of aliphatic hydroxyl groups excluding tert-OH is 4. The average molecular weight is 794 g/mol. The second-order valence-electron chi connectivity index (χ2n) is 12.3. The minimum atomic E-state index is -4.18. The zero-order chi connectivity index (χ0) is 40.2. The number of nitrogens with zero attached hydrogens (tertiary/aromatic N) is 3. The molecule has 3 aromatic carbocycles. The van der Waals surface area contributed by atoms with Crippen molar-refractivity contribution in [3.8, 4) is 34.2 Å². The Bertz CT molecular complexity index is 2140. The number of rotatable bonds is 15. The molecule has 1 amide bonds. The van der Waals surface area contributed by atoms with Crippen LogP contribution in [0.3, 0.4) is 0 Å². The fourth-order valence-electron chi connectivity index (χ4n) is 5.82. The molecular weight excluding hydrogens is 756 g/mol. The van der Waals surface area contributed by atoms with Crippen molar-refractivity contribution < 1.29 is 71.3 Å². The standard InChI is InChI=1S/C34H37F2N5O13S/c1-17(43)37-29-24(44)14-34(33(47)48,54-31(29)30(46)25(45)16-42)53-26-9-7-20(12-22(26)32(35)36)41-15-23(38-40-41)18-5-4-6-19(11-18)39-55(49,50)28-13-21(51-2)8-10-27(28)52-3/h4-13,15,24-25,29-32,39,42,44-46H,14,16H2,1-3H3,(H,37,43)(H,47,48)/t24-,25+,29+,30+,31+,34+/m0/s1. The van der Waals surface area contributed by atoms with E-state index < -0.39 is 88.9 Å². The molecule has 1 aliphatic rings. The van der Waals surface area contributed by atoms with Gasteiger partial charge in [-0.3, -0.25) is 9.52 Å². The summed E-state index contributed by atoms with van der Waals surface area (Å²) in [5.41, 5.74) is -0.0896. The van der Waals surface area contributed by atoms with Crippen molar-refractivity contribution in [2.45, 2.75) is 60.9 Å². The van der Waals surface area contributed by atoms with Crippen molar-refractivity contribution in [2.75, 3.05) is 25.5 Å². The number of anilines is 1. The van der Waals surface area contributed by atoms with Gasteiger partial charge >= 0.3 is 11.8 Å². The largest absolute Gasteiger partial charge is 0.497 e. The number of carboxylic acids is 1. The van der Waals surface area contributed by atoms with Gasteiger partial charge in [0, 0.05) is 24.2 Å². The van der Waals surface area contributed by atoms with Crippen LogP contribution < -0.4 is 24.2 Å². The molecule has 1 aliphatic heterocycles. The van der Waals surface area contributed by atoms with Crippen molar-refractivity contribution in [1.82, 2.24) is 20.3 Å². The molecule has 1 fully saturated rings. The molecule has 5 rings (SSSR count). The second kappa shape index (κ2) is 16.5. The van der Waals surface area contributed by atoms with Crippen molar-refractivity contribution in [3.63, 3.8) is 0 Å². The number of carbonyl (C=O) groups excluding carboxylic acids is 1. The van der Waals surface area contributed by atoms with Crippen LogP contribution in [-0.2, 0) is 24.3 Å². The molecule has 21 heteroatoms. The molecule has 1 saturated heterocycles. The first kappa shape index (κ1) is 40.7. The van der Waals surface area contributed by atoms with Gasteiger partial charge in [0.2, 0.25) is 5.91 Å². The number of ether oxygens (including phenoxy) is 4. The first-order valence-electron chi connectivity index (χ1n) is 16.2.